The Balaban J connectivity index is 2.44. The van der Waals surface area contributed by atoms with Gasteiger partial charge in [0.2, 0.25) is 16.0 Å². The maximum Gasteiger partial charge on any atom is 0.387 e. The number of carbonyl (C=O) groups is 1. The Bertz CT molecular complexity index is 920. The number of alkyl halides is 2. The average Bonchev–Trinajstić information content (AvgIpc) is 2.95. The van der Waals surface area contributed by atoms with Crippen LogP contribution in [0.2, 0.25) is 5.02 Å². The van der Waals surface area contributed by atoms with Gasteiger partial charge >= 0.3 is 6.61 Å². The van der Waals surface area contributed by atoms with Crippen LogP contribution in [0.5, 0.6) is 5.75 Å². The van der Waals surface area contributed by atoms with Crippen molar-refractivity contribution in [3.8, 4) is 5.75 Å². The van der Waals surface area contributed by atoms with Crippen LogP contribution < -0.4 is 14.8 Å². The zero-order chi connectivity index (χ0) is 19.5. The number of halogens is 3. The number of nitrogens with zero attached hydrogens (tertiary/aromatic N) is 4. The molecule has 142 valence electrons. The first kappa shape index (κ1) is 19.8. The Hall–Kier alpha value is -2.54. The van der Waals surface area contributed by atoms with Gasteiger partial charge in [-0.3, -0.25) is 14.8 Å². The van der Waals surface area contributed by atoms with Crippen molar-refractivity contribution in [1.82, 2.24) is 20.2 Å². The predicted molar refractivity (Wildman–Crippen MR) is 87.9 cm³/mol. The lowest BCUT2D eigenvalue weighted by molar-refractivity contribution is -0.0493. The van der Waals surface area contributed by atoms with E-state index in [4.69, 9.17) is 11.6 Å². The molecule has 2 aromatic rings. The lowest BCUT2D eigenvalue weighted by atomic mass is 10.1. The van der Waals surface area contributed by atoms with E-state index >= 15 is 0 Å². The third kappa shape index (κ3) is 4.54. The number of rotatable bonds is 7. The summed E-state index contributed by atoms with van der Waals surface area (Å²) >= 11 is 6.06. The van der Waals surface area contributed by atoms with Gasteiger partial charge in [-0.15, -0.1) is 0 Å². The molecule has 26 heavy (non-hydrogen) atoms. The smallest absolute Gasteiger partial charge is 0.387 e. The van der Waals surface area contributed by atoms with Crippen molar-refractivity contribution in [1.29, 1.82) is 0 Å². The second kappa shape index (κ2) is 7.78. The molecule has 0 spiro atoms. The second-order valence-corrected chi connectivity index (χ2v) is 7.15. The average molecular weight is 411 g/mol. The Morgan fingerprint density at radius 2 is 2.12 bits per heavy atom. The molecule has 0 unspecified atom stereocenters. The van der Waals surface area contributed by atoms with Gasteiger partial charge in [0.25, 0.3) is 5.91 Å². The fraction of sp³-hybridized carbons (Fsp3) is 0.333. The molecule has 10 nitrogen and oxygen atoms in total. The summed E-state index contributed by atoms with van der Waals surface area (Å²) in [5.41, 5.74) is -0.678. The van der Waals surface area contributed by atoms with Crippen molar-refractivity contribution in [2.45, 2.75) is 13.5 Å². The molecule has 2 N–H and O–H groups in total. The highest BCUT2D eigenvalue weighted by Gasteiger charge is 2.23. The lowest BCUT2D eigenvalue weighted by Crippen LogP contribution is -2.19. The zero-order valence-corrected chi connectivity index (χ0v) is 15.0. The number of benzene rings is 1. The van der Waals surface area contributed by atoms with Crippen molar-refractivity contribution >= 4 is 39.2 Å². The van der Waals surface area contributed by atoms with E-state index in [9.17, 15) is 22.0 Å². The van der Waals surface area contributed by atoms with Crippen LogP contribution in [0.15, 0.2) is 12.1 Å². The molecule has 0 aliphatic carbocycles. The van der Waals surface area contributed by atoms with Crippen LogP contribution in [-0.2, 0) is 17.1 Å². The molecule has 2 rings (SSSR count). The summed E-state index contributed by atoms with van der Waals surface area (Å²) in [7, 11) is -2.41. The molecule has 1 aromatic heterocycles. The Morgan fingerprint density at radius 1 is 1.42 bits per heavy atom. The first-order valence-corrected chi connectivity index (χ1v) is 8.99. The van der Waals surface area contributed by atoms with Crippen molar-refractivity contribution in [2.24, 2.45) is 7.05 Å². The number of aryl methyl sites for hydroxylation is 1. The Kier molecular flexibility index (Phi) is 5.92. The molecular formula is C12H13ClF2N6O4S. The molecule has 1 amide bonds. The quantitative estimate of drug-likeness (QED) is 0.707. The predicted octanol–water partition coefficient (Wildman–Crippen LogP) is 1.48. The largest absolute Gasteiger partial charge is 0.433 e. The van der Waals surface area contributed by atoms with Crippen LogP contribution >= 0.6 is 11.6 Å². The maximum absolute atomic E-state index is 12.6. The van der Waals surface area contributed by atoms with Gasteiger partial charge in [0.15, 0.2) is 5.75 Å². The molecule has 0 fully saturated rings. The number of tetrazole rings is 1. The third-order valence-corrected chi connectivity index (χ3v) is 4.72. The summed E-state index contributed by atoms with van der Waals surface area (Å²) in [4.78, 5) is 12.3. The fourth-order valence-corrected chi connectivity index (χ4v) is 2.76. The Labute approximate surface area is 151 Å². The second-order valence-electron chi connectivity index (χ2n) is 4.76. The van der Waals surface area contributed by atoms with Crippen LogP contribution in [-0.4, -0.2) is 46.9 Å². The number of sulfonamides is 1. The van der Waals surface area contributed by atoms with Crippen LogP contribution in [0.4, 0.5) is 20.4 Å². The number of ether oxygens (including phenoxy) is 1. The molecule has 1 aromatic carbocycles. The monoisotopic (exact) mass is 410 g/mol. The summed E-state index contributed by atoms with van der Waals surface area (Å²) in [5, 5.41) is 12.3. The molecule has 0 saturated heterocycles. The van der Waals surface area contributed by atoms with E-state index in [1.54, 1.807) is 0 Å². The summed E-state index contributed by atoms with van der Waals surface area (Å²) in [6, 6.07) is 2.10. The number of amides is 1. The molecule has 0 radical (unpaired) electrons. The number of nitrogens with one attached hydrogen (secondary N) is 2. The van der Waals surface area contributed by atoms with E-state index in [-0.39, 0.29) is 17.3 Å². The van der Waals surface area contributed by atoms with Crippen LogP contribution in [0, 0.1) is 0 Å². The normalized spacial score (nSPS) is 11.5. The zero-order valence-electron chi connectivity index (χ0n) is 13.4. The van der Waals surface area contributed by atoms with E-state index in [0.717, 1.165) is 12.1 Å². The highest BCUT2D eigenvalue weighted by Crippen LogP contribution is 2.37. The van der Waals surface area contributed by atoms with Gasteiger partial charge in [0.05, 0.1) is 16.3 Å². The number of hydrogen-bond acceptors (Lipinski definition) is 7. The van der Waals surface area contributed by atoms with E-state index in [2.05, 4.69) is 25.6 Å². The van der Waals surface area contributed by atoms with Crippen LogP contribution in [0.25, 0.3) is 0 Å². The SMILES string of the molecule is CCS(=O)(=O)Nc1c(OC(F)F)ccc(C(=O)Nc2nnnn2C)c1Cl. The first-order valence-electron chi connectivity index (χ1n) is 6.96. The molecule has 0 saturated carbocycles. The van der Waals surface area contributed by atoms with E-state index in [0.29, 0.717) is 0 Å². The minimum atomic E-state index is -3.88. The van der Waals surface area contributed by atoms with Gasteiger partial charge < -0.3 is 4.74 Å². The van der Waals surface area contributed by atoms with Gasteiger partial charge in [-0.2, -0.15) is 8.78 Å². The number of aromatic nitrogens is 4. The van der Waals surface area contributed by atoms with Gasteiger partial charge in [0.1, 0.15) is 5.69 Å². The lowest BCUT2D eigenvalue weighted by Gasteiger charge is -2.16. The van der Waals surface area contributed by atoms with Crippen molar-refractivity contribution in [3.63, 3.8) is 0 Å². The molecule has 0 atom stereocenters. The minimum Gasteiger partial charge on any atom is -0.433 e. The first-order chi connectivity index (χ1) is 12.1. The third-order valence-electron chi connectivity index (χ3n) is 3.05. The molecule has 1 heterocycles. The highest BCUT2D eigenvalue weighted by atomic mass is 35.5. The number of anilines is 2. The van der Waals surface area contributed by atoms with Gasteiger partial charge in [-0.05, 0) is 29.5 Å². The highest BCUT2D eigenvalue weighted by molar-refractivity contribution is 7.92. The molecule has 0 aliphatic heterocycles. The van der Waals surface area contributed by atoms with Crippen LogP contribution in [0.3, 0.4) is 0 Å². The summed E-state index contributed by atoms with van der Waals surface area (Å²) in [5.74, 6) is -1.67. The Morgan fingerprint density at radius 3 is 2.65 bits per heavy atom. The standard InChI is InChI=1S/C12H13ClF2N6O4S/c1-3-26(23,24)18-9-7(25-11(14)15)5-4-6(8(9)13)10(22)16-12-17-19-20-21(12)2/h4-5,11,18H,3H2,1-2H3,(H,16,17,20,22). The number of hydrogen-bond donors (Lipinski definition) is 2. The van der Waals surface area contributed by atoms with Crippen molar-refractivity contribution in [3.05, 3.63) is 22.7 Å². The van der Waals surface area contributed by atoms with Gasteiger partial charge in [-0.1, -0.05) is 16.7 Å². The van der Waals surface area contributed by atoms with Gasteiger partial charge in [0, 0.05) is 7.05 Å². The van der Waals surface area contributed by atoms with Crippen molar-refractivity contribution < 1.29 is 26.7 Å². The van der Waals surface area contributed by atoms with E-state index < -0.39 is 39.0 Å². The topological polar surface area (TPSA) is 128 Å². The van der Waals surface area contributed by atoms with Crippen molar-refractivity contribution in [2.75, 3.05) is 15.8 Å². The van der Waals surface area contributed by atoms with E-state index in [1.807, 2.05) is 4.72 Å². The molecule has 14 heteroatoms. The van der Waals surface area contributed by atoms with Gasteiger partial charge in [-0.25, -0.2) is 13.1 Å². The fourth-order valence-electron chi connectivity index (χ4n) is 1.75. The molecule has 0 bridgehead atoms. The summed E-state index contributed by atoms with van der Waals surface area (Å²) in [6.07, 6.45) is 0. The minimum absolute atomic E-state index is 0.00494. The van der Waals surface area contributed by atoms with E-state index in [1.165, 1.54) is 18.7 Å². The van der Waals surface area contributed by atoms with Crippen LogP contribution in [0.1, 0.15) is 17.3 Å². The summed E-state index contributed by atoms with van der Waals surface area (Å²) in [6.45, 7) is -1.89. The maximum atomic E-state index is 12.6. The molecule has 0 aliphatic rings. The summed E-state index contributed by atoms with van der Waals surface area (Å²) < 4.78 is 56.2. The molecular weight excluding hydrogens is 398 g/mol. The number of carbonyl (C=O) groups excluding carboxylic acids is 1.